The Kier molecular flexibility index (Phi) is 3.80. The van der Waals surface area contributed by atoms with Crippen LogP contribution >= 0.6 is 11.3 Å². The van der Waals surface area contributed by atoms with Gasteiger partial charge in [0.05, 0.1) is 5.69 Å². The fourth-order valence-electron chi connectivity index (χ4n) is 2.10. The van der Waals surface area contributed by atoms with Gasteiger partial charge in [0.2, 0.25) is 5.95 Å². The number of rotatable bonds is 4. The smallest absolute Gasteiger partial charge is 0.339 e. The summed E-state index contributed by atoms with van der Waals surface area (Å²) in [6.45, 7) is 3.82. The van der Waals surface area contributed by atoms with Crippen molar-refractivity contribution in [1.29, 1.82) is 0 Å². The molecule has 0 atom stereocenters. The van der Waals surface area contributed by atoms with Gasteiger partial charge in [-0.2, -0.15) is 4.98 Å². The number of nitrogens with zero attached hydrogens (tertiary/aromatic N) is 3. The highest BCUT2D eigenvalue weighted by molar-refractivity contribution is 7.15. The fourth-order valence-corrected chi connectivity index (χ4v) is 3.00. The number of hydrogen-bond donors (Lipinski definition) is 4. The third-order valence-electron chi connectivity index (χ3n) is 3.19. The van der Waals surface area contributed by atoms with Crippen molar-refractivity contribution in [2.75, 3.05) is 16.5 Å². The van der Waals surface area contributed by atoms with E-state index in [4.69, 9.17) is 5.73 Å². The normalized spacial score (nSPS) is 13.7. The van der Waals surface area contributed by atoms with Crippen LogP contribution < -0.4 is 21.9 Å². The molecule has 2 aromatic rings. The van der Waals surface area contributed by atoms with Crippen molar-refractivity contribution in [2.24, 2.45) is 0 Å². The maximum Gasteiger partial charge on any atom is 0.339 e. The molecule has 8 nitrogen and oxygen atoms in total. The molecule has 1 aliphatic carbocycles. The summed E-state index contributed by atoms with van der Waals surface area (Å²) >= 11 is 1.48. The van der Waals surface area contributed by atoms with E-state index in [1.807, 2.05) is 6.92 Å². The molecule has 0 aliphatic heterocycles. The number of anilines is 3. The van der Waals surface area contributed by atoms with Gasteiger partial charge in [-0.3, -0.25) is 10.7 Å². The van der Waals surface area contributed by atoms with Crippen molar-refractivity contribution in [3.63, 3.8) is 0 Å². The first-order chi connectivity index (χ1) is 10.5. The Morgan fingerprint density at radius 1 is 1.32 bits per heavy atom. The largest absolute Gasteiger partial charge is 0.368 e. The Morgan fingerprint density at radius 3 is 2.77 bits per heavy atom. The zero-order valence-electron chi connectivity index (χ0n) is 12.3. The standard InChI is InChI=1S/C13H17N7OS/c1-6-5-9(16-11(14)15-6)19-20-12(21)18-13-17-10(7(2)22-13)8-3-4-8/h5,8H,3-4H2,1-2H3,(H3,14,15,16,19)(H2,17,18,20,21). The van der Waals surface area contributed by atoms with Crippen LogP contribution in [0.4, 0.5) is 21.7 Å². The number of hydrogen-bond acceptors (Lipinski definition) is 7. The molecule has 0 aromatic carbocycles. The highest BCUT2D eigenvalue weighted by Gasteiger charge is 2.28. The summed E-state index contributed by atoms with van der Waals surface area (Å²) in [5.74, 6) is 1.14. The zero-order valence-corrected chi connectivity index (χ0v) is 13.1. The highest BCUT2D eigenvalue weighted by Crippen LogP contribution is 2.43. The number of carbonyl (C=O) groups excluding carboxylic acids is 1. The molecular formula is C13H17N7OS. The topological polar surface area (TPSA) is 118 Å². The van der Waals surface area contributed by atoms with Crippen LogP contribution in [-0.2, 0) is 0 Å². The second-order valence-corrected chi connectivity index (χ2v) is 6.39. The van der Waals surface area contributed by atoms with E-state index in [9.17, 15) is 4.79 Å². The Morgan fingerprint density at radius 2 is 2.09 bits per heavy atom. The molecule has 0 radical (unpaired) electrons. The van der Waals surface area contributed by atoms with Gasteiger partial charge in [0.25, 0.3) is 0 Å². The number of nitrogen functional groups attached to an aromatic ring is 1. The molecule has 116 valence electrons. The van der Waals surface area contributed by atoms with Crippen LogP contribution in [0.3, 0.4) is 0 Å². The molecule has 9 heteroatoms. The molecule has 3 rings (SSSR count). The molecule has 0 unspecified atom stereocenters. The van der Waals surface area contributed by atoms with Gasteiger partial charge in [-0.1, -0.05) is 0 Å². The van der Waals surface area contributed by atoms with Crippen molar-refractivity contribution >= 4 is 34.3 Å². The Bertz CT molecular complexity index is 690. The number of aromatic nitrogens is 3. The van der Waals surface area contributed by atoms with Gasteiger partial charge in [0, 0.05) is 22.6 Å². The van der Waals surface area contributed by atoms with Gasteiger partial charge < -0.3 is 5.73 Å². The van der Waals surface area contributed by atoms with Gasteiger partial charge in [0.1, 0.15) is 5.82 Å². The van der Waals surface area contributed by atoms with Crippen molar-refractivity contribution < 1.29 is 4.79 Å². The lowest BCUT2D eigenvalue weighted by Gasteiger charge is -2.08. The summed E-state index contributed by atoms with van der Waals surface area (Å²) in [7, 11) is 0. The second kappa shape index (κ2) is 5.76. The van der Waals surface area contributed by atoms with Crippen LogP contribution in [0.5, 0.6) is 0 Å². The second-order valence-electron chi connectivity index (χ2n) is 5.19. The Labute approximate surface area is 131 Å². The maximum absolute atomic E-state index is 11.9. The molecule has 1 saturated carbocycles. The molecule has 2 aromatic heterocycles. The predicted octanol–water partition coefficient (Wildman–Crippen LogP) is 2.16. The summed E-state index contributed by atoms with van der Waals surface area (Å²) in [6, 6.07) is 1.26. The van der Waals surface area contributed by atoms with Crippen LogP contribution in [-0.4, -0.2) is 21.0 Å². The van der Waals surface area contributed by atoms with Crippen LogP contribution in [0.15, 0.2) is 6.07 Å². The van der Waals surface area contributed by atoms with Gasteiger partial charge in [-0.15, -0.1) is 11.3 Å². The van der Waals surface area contributed by atoms with E-state index in [0.717, 1.165) is 10.6 Å². The van der Waals surface area contributed by atoms with E-state index in [2.05, 4.69) is 31.1 Å². The minimum absolute atomic E-state index is 0.148. The molecule has 2 heterocycles. The minimum atomic E-state index is -0.411. The Balaban J connectivity index is 1.57. The molecule has 2 amide bonds. The molecule has 22 heavy (non-hydrogen) atoms. The summed E-state index contributed by atoms with van der Waals surface area (Å²) in [6.07, 6.45) is 2.37. The van der Waals surface area contributed by atoms with E-state index in [-0.39, 0.29) is 5.95 Å². The molecule has 0 spiro atoms. The summed E-state index contributed by atoms with van der Waals surface area (Å²) in [4.78, 5) is 25.4. The van der Waals surface area contributed by atoms with Gasteiger partial charge in [-0.05, 0) is 26.7 Å². The number of urea groups is 1. The van der Waals surface area contributed by atoms with Crippen LogP contribution in [0.2, 0.25) is 0 Å². The summed E-state index contributed by atoms with van der Waals surface area (Å²) in [5.41, 5.74) is 12.5. The molecular weight excluding hydrogens is 302 g/mol. The lowest BCUT2D eigenvalue weighted by atomic mass is 10.3. The molecule has 5 N–H and O–H groups in total. The lowest BCUT2D eigenvalue weighted by molar-refractivity contribution is 0.254. The highest BCUT2D eigenvalue weighted by atomic mass is 32.1. The van der Waals surface area contributed by atoms with E-state index in [1.54, 1.807) is 13.0 Å². The van der Waals surface area contributed by atoms with Crippen LogP contribution in [0.1, 0.15) is 35.0 Å². The fraction of sp³-hybridized carbons (Fsp3) is 0.385. The first-order valence-corrected chi connectivity index (χ1v) is 7.74. The summed E-state index contributed by atoms with van der Waals surface area (Å²) in [5, 5.41) is 3.30. The first-order valence-electron chi connectivity index (χ1n) is 6.93. The number of nitrogens with two attached hydrogens (primary N) is 1. The monoisotopic (exact) mass is 319 g/mol. The van der Waals surface area contributed by atoms with Crippen LogP contribution in [0.25, 0.3) is 0 Å². The van der Waals surface area contributed by atoms with Crippen molar-refractivity contribution in [3.05, 3.63) is 22.3 Å². The first kappa shape index (κ1) is 14.5. The molecule has 0 bridgehead atoms. The average molecular weight is 319 g/mol. The average Bonchev–Trinajstić information content (AvgIpc) is 3.20. The number of carbonyl (C=O) groups is 1. The molecule has 1 fully saturated rings. The predicted molar refractivity (Wildman–Crippen MR) is 85.8 cm³/mol. The maximum atomic E-state index is 11.9. The van der Waals surface area contributed by atoms with E-state index >= 15 is 0 Å². The van der Waals surface area contributed by atoms with Crippen LogP contribution in [0, 0.1) is 13.8 Å². The third-order valence-corrected chi connectivity index (χ3v) is 4.09. The number of thiazole rings is 1. The Hall–Kier alpha value is -2.42. The minimum Gasteiger partial charge on any atom is -0.368 e. The molecule has 0 saturated heterocycles. The van der Waals surface area contributed by atoms with E-state index < -0.39 is 6.03 Å². The number of nitrogens with one attached hydrogen (secondary N) is 3. The van der Waals surface area contributed by atoms with Crippen molar-refractivity contribution in [3.8, 4) is 0 Å². The van der Waals surface area contributed by atoms with Crippen molar-refractivity contribution in [2.45, 2.75) is 32.6 Å². The zero-order chi connectivity index (χ0) is 15.7. The van der Waals surface area contributed by atoms with Gasteiger partial charge >= 0.3 is 6.03 Å². The van der Waals surface area contributed by atoms with Gasteiger partial charge in [0.15, 0.2) is 5.13 Å². The third kappa shape index (κ3) is 3.42. The number of aryl methyl sites for hydroxylation is 2. The number of hydrazine groups is 1. The van der Waals surface area contributed by atoms with E-state index in [0.29, 0.717) is 22.6 Å². The number of amides is 2. The van der Waals surface area contributed by atoms with Crippen molar-refractivity contribution in [1.82, 2.24) is 20.4 Å². The lowest BCUT2D eigenvalue weighted by Crippen LogP contribution is -2.34. The van der Waals surface area contributed by atoms with Gasteiger partial charge in [-0.25, -0.2) is 20.2 Å². The quantitative estimate of drug-likeness (QED) is 0.641. The SMILES string of the molecule is Cc1cc(NNC(=O)Nc2nc(C3CC3)c(C)s2)nc(N)n1. The summed E-state index contributed by atoms with van der Waals surface area (Å²) < 4.78 is 0. The molecule has 1 aliphatic rings. The van der Waals surface area contributed by atoms with E-state index in [1.165, 1.54) is 24.2 Å².